The highest BCUT2D eigenvalue weighted by molar-refractivity contribution is 7.92. The fraction of sp³-hybridized carbons (Fsp3) is 0.174. The molecule has 0 fully saturated rings. The molecule has 5 nitrogen and oxygen atoms in total. The highest BCUT2D eigenvalue weighted by Gasteiger charge is 2.21. The summed E-state index contributed by atoms with van der Waals surface area (Å²) in [6.45, 7) is 4.22. The van der Waals surface area contributed by atoms with Crippen LogP contribution in [-0.4, -0.2) is 21.4 Å². The van der Waals surface area contributed by atoms with Gasteiger partial charge in [-0.05, 0) is 53.9 Å². The Hall–Kier alpha value is -3.12. The minimum absolute atomic E-state index is 0.197. The molecule has 0 unspecified atom stereocenters. The Labute approximate surface area is 172 Å². The molecule has 1 N–H and O–H groups in total. The van der Waals surface area contributed by atoms with Gasteiger partial charge in [0.2, 0.25) is 0 Å². The molecule has 0 atom stereocenters. The summed E-state index contributed by atoms with van der Waals surface area (Å²) in [6, 6.07) is 22.5. The third-order valence-corrected chi connectivity index (χ3v) is 6.51. The van der Waals surface area contributed by atoms with Crippen LogP contribution in [0.4, 0.5) is 11.4 Å². The molecule has 0 bridgehead atoms. The van der Waals surface area contributed by atoms with E-state index in [4.69, 9.17) is 0 Å². The molecule has 3 aromatic carbocycles. The Morgan fingerprint density at radius 2 is 1.55 bits per heavy atom. The molecule has 0 saturated carbocycles. The van der Waals surface area contributed by atoms with Crippen LogP contribution in [0.15, 0.2) is 83.8 Å². The number of hydrogen-bond acceptors (Lipinski definition) is 3. The fourth-order valence-electron chi connectivity index (χ4n) is 2.89. The highest BCUT2D eigenvalue weighted by atomic mass is 32.2. The lowest BCUT2D eigenvalue weighted by Gasteiger charge is -2.20. The van der Waals surface area contributed by atoms with E-state index in [1.54, 1.807) is 54.6 Å². The van der Waals surface area contributed by atoms with Crippen LogP contribution >= 0.6 is 0 Å². The number of sulfonamides is 1. The normalized spacial score (nSPS) is 11.3. The smallest absolute Gasteiger partial charge is 0.264 e. The van der Waals surface area contributed by atoms with E-state index in [1.807, 2.05) is 24.3 Å². The molecule has 0 saturated heterocycles. The Kier molecular flexibility index (Phi) is 6.03. The zero-order valence-corrected chi connectivity index (χ0v) is 17.5. The number of hydrogen-bond donors (Lipinski definition) is 1. The van der Waals surface area contributed by atoms with Crippen LogP contribution in [-0.2, 0) is 10.0 Å². The van der Waals surface area contributed by atoms with Crippen molar-refractivity contribution in [1.82, 2.24) is 0 Å². The third-order valence-electron chi connectivity index (χ3n) is 4.71. The minimum atomic E-state index is -3.70. The number of amides is 1. The maximum absolute atomic E-state index is 12.8. The van der Waals surface area contributed by atoms with Gasteiger partial charge in [0.1, 0.15) is 0 Å². The van der Waals surface area contributed by atoms with Crippen LogP contribution in [0.25, 0.3) is 0 Å². The topological polar surface area (TPSA) is 66.5 Å². The van der Waals surface area contributed by atoms with E-state index in [0.29, 0.717) is 22.9 Å². The lowest BCUT2D eigenvalue weighted by Crippen LogP contribution is -2.26. The fourth-order valence-corrected chi connectivity index (χ4v) is 4.10. The Bertz CT molecular complexity index is 1090. The number of rotatable bonds is 6. The molecule has 0 radical (unpaired) electrons. The van der Waals surface area contributed by atoms with Gasteiger partial charge in [0.15, 0.2) is 0 Å². The molecule has 0 aliphatic carbocycles. The van der Waals surface area contributed by atoms with Crippen molar-refractivity contribution in [2.75, 3.05) is 16.7 Å². The van der Waals surface area contributed by atoms with Gasteiger partial charge in [0.05, 0.1) is 10.6 Å². The summed E-state index contributed by atoms with van der Waals surface area (Å²) >= 11 is 0. The third kappa shape index (κ3) is 4.66. The van der Waals surface area contributed by atoms with Gasteiger partial charge in [-0.15, -0.1) is 0 Å². The largest absolute Gasteiger partial charge is 0.322 e. The maximum atomic E-state index is 12.8. The first-order valence-corrected chi connectivity index (χ1v) is 10.8. The average molecular weight is 409 g/mol. The highest BCUT2D eigenvalue weighted by Crippen LogP contribution is 2.23. The maximum Gasteiger partial charge on any atom is 0.264 e. The summed E-state index contributed by atoms with van der Waals surface area (Å²) in [5.74, 6) is 0.119. The van der Waals surface area contributed by atoms with Gasteiger partial charge in [0.25, 0.3) is 15.9 Å². The second-order valence-corrected chi connectivity index (χ2v) is 9.04. The number of carbonyl (C=O) groups is 1. The van der Waals surface area contributed by atoms with Crippen LogP contribution < -0.4 is 9.62 Å². The Balaban J connectivity index is 1.80. The van der Waals surface area contributed by atoms with E-state index in [9.17, 15) is 13.2 Å². The van der Waals surface area contributed by atoms with Gasteiger partial charge in [-0.1, -0.05) is 50.2 Å². The first kappa shape index (κ1) is 20.6. The molecule has 0 aliphatic rings. The Morgan fingerprint density at radius 3 is 2.17 bits per heavy atom. The average Bonchev–Trinajstić information content (AvgIpc) is 2.74. The summed E-state index contributed by atoms with van der Waals surface area (Å²) in [5, 5.41) is 2.85. The molecule has 1 amide bonds. The van der Waals surface area contributed by atoms with E-state index in [0.717, 1.165) is 0 Å². The van der Waals surface area contributed by atoms with Crippen LogP contribution in [0.5, 0.6) is 0 Å². The second kappa shape index (κ2) is 8.49. The van der Waals surface area contributed by atoms with Crippen molar-refractivity contribution >= 4 is 27.3 Å². The SMILES string of the molecule is CC(C)c1ccc(NC(=O)c2cccc(N(C)S(=O)(=O)c3ccccc3)c2)cc1. The predicted octanol–water partition coefficient (Wildman–Crippen LogP) is 4.89. The first-order chi connectivity index (χ1) is 13.8. The number of nitrogens with one attached hydrogen (secondary N) is 1. The van der Waals surface area contributed by atoms with Crippen molar-refractivity contribution in [2.24, 2.45) is 0 Å². The predicted molar refractivity (Wildman–Crippen MR) is 117 cm³/mol. The van der Waals surface area contributed by atoms with Gasteiger partial charge in [-0.25, -0.2) is 8.42 Å². The molecular weight excluding hydrogens is 384 g/mol. The molecule has 3 rings (SSSR count). The van der Waals surface area contributed by atoms with Gasteiger partial charge in [-0.3, -0.25) is 9.10 Å². The molecule has 0 heterocycles. The van der Waals surface area contributed by atoms with Crippen molar-refractivity contribution in [3.8, 4) is 0 Å². The summed E-state index contributed by atoms with van der Waals surface area (Å²) in [4.78, 5) is 12.8. The van der Waals surface area contributed by atoms with Gasteiger partial charge < -0.3 is 5.32 Å². The number of carbonyl (C=O) groups excluding carboxylic acids is 1. The van der Waals surface area contributed by atoms with Crippen LogP contribution in [0.3, 0.4) is 0 Å². The van der Waals surface area contributed by atoms with Crippen LogP contribution in [0, 0.1) is 0 Å². The molecule has 3 aromatic rings. The number of anilines is 2. The van der Waals surface area contributed by atoms with Crippen molar-refractivity contribution in [3.05, 3.63) is 90.0 Å². The number of nitrogens with zero attached hydrogens (tertiary/aromatic N) is 1. The van der Waals surface area contributed by atoms with E-state index in [1.165, 1.54) is 16.9 Å². The van der Waals surface area contributed by atoms with Crippen molar-refractivity contribution in [3.63, 3.8) is 0 Å². The molecule has 0 spiro atoms. The minimum Gasteiger partial charge on any atom is -0.322 e. The Morgan fingerprint density at radius 1 is 0.897 bits per heavy atom. The van der Waals surface area contributed by atoms with Gasteiger partial charge >= 0.3 is 0 Å². The molecule has 6 heteroatoms. The van der Waals surface area contributed by atoms with Crippen molar-refractivity contribution in [2.45, 2.75) is 24.7 Å². The standard InChI is InChI=1S/C23H24N2O3S/c1-17(2)18-12-14-20(15-13-18)24-23(26)19-8-7-9-21(16-19)25(3)29(27,28)22-10-5-4-6-11-22/h4-17H,1-3H3,(H,24,26). The number of benzene rings is 3. The molecule has 0 aliphatic heterocycles. The van der Waals surface area contributed by atoms with Gasteiger partial charge in [-0.2, -0.15) is 0 Å². The zero-order valence-electron chi connectivity index (χ0n) is 16.7. The quantitative estimate of drug-likeness (QED) is 0.632. The summed E-state index contributed by atoms with van der Waals surface area (Å²) in [7, 11) is -2.23. The molecule has 150 valence electrons. The van der Waals surface area contributed by atoms with E-state index in [-0.39, 0.29) is 10.8 Å². The van der Waals surface area contributed by atoms with Crippen LogP contribution in [0.2, 0.25) is 0 Å². The molecule has 29 heavy (non-hydrogen) atoms. The van der Waals surface area contributed by atoms with E-state index < -0.39 is 10.0 Å². The summed E-state index contributed by atoms with van der Waals surface area (Å²) in [6.07, 6.45) is 0. The summed E-state index contributed by atoms with van der Waals surface area (Å²) < 4.78 is 26.8. The second-order valence-electron chi connectivity index (χ2n) is 7.07. The summed E-state index contributed by atoms with van der Waals surface area (Å²) in [5.41, 5.74) is 2.68. The molecular formula is C23H24N2O3S. The van der Waals surface area contributed by atoms with E-state index in [2.05, 4.69) is 19.2 Å². The first-order valence-electron chi connectivity index (χ1n) is 9.34. The monoisotopic (exact) mass is 408 g/mol. The van der Waals surface area contributed by atoms with Crippen molar-refractivity contribution < 1.29 is 13.2 Å². The zero-order chi connectivity index (χ0) is 21.0. The van der Waals surface area contributed by atoms with Gasteiger partial charge in [0, 0.05) is 18.3 Å². The molecule has 0 aromatic heterocycles. The van der Waals surface area contributed by atoms with E-state index >= 15 is 0 Å². The lowest BCUT2D eigenvalue weighted by molar-refractivity contribution is 0.102. The van der Waals surface area contributed by atoms with Crippen molar-refractivity contribution in [1.29, 1.82) is 0 Å². The van der Waals surface area contributed by atoms with Crippen LogP contribution in [0.1, 0.15) is 35.7 Å². The lowest BCUT2D eigenvalue weighted by atomic mass is 10.0.